The lowest BCUT2D eigenvalue weighted by molar-refractivity contribution is 0.0563. The normalized spacial score (nSPS) is 25.4. The Bertz CT molecular complexity index is 779. The van der Waals surface area contributed by atoms with Crippen LogP contribution < -0.4 is 11.1 Å². The first-order chi connectivity index (χ1) is 12.6. The van der Waals surface area contributed by atoms with Crippen LogP contribution in [0.2, 0.25) is 0 Å². The molecule has 0 aromatic heterocycles. The summed E-state index contributed by atoms with van der Waals surface area (Å²) in [6, 6.07) is 2.45. The summed E-state index contributed by atoms with van der Waals surface area (Å²) >= 11 is 1.40. The van der Waals surface area contributed by atoms with Gasteiger partial charge in [-0.1, -0.05) is 24.6 Å². The number of carbonyl (C=O) groups excluding carboxylic acids is 1. The van der Waals surface area contributed by atoms with E-state index < -0.39 is 28.9 Å². The Morgan fingerprint density at radius 1 is 1.37 bits per heavy atom. The number of hydrogen-bond acceptors (Lipinski definition) is 5. The van der Waals surface area contributed by atoms with E-state index in [9.17, 15) is 13.6 Å². The van der Waals surface area contributed by atoms with Crippen LogP contribution >= 0.6 is 11.8 Å². The molecule has 1 aliphatic carbocycles. The zero-order valence-electron chi connectivity index (χ0n) is 15.8. The van der Waals surface area contributed by atoms with Crippen LogP contribution in [0, 0.1) is 17.6 Å². The van der Waals surface area contributed by atoms with Crippen molar-refractivity contribution in [3.05, 3.63) is 29.3 Å². The van der Waals surface area contributed by atoms with E-state index in [0.717, 1.165) is 25.3 Å². The first kappa shape index (κ1) is 19.9. The number of nitrogen functional groups attached to an aromatic ring is 1. The van der Waals surface area contributed by atoms with Crippen LogP contribution in [0.1, 0.15) is 52.0 Å². The molecule has 1 aromatic carbocycles. The van der Waals surface area contributed by atoms with Crippen molar-refractivity contribution in [1.82, 2.24) is 5.32 Å². The molecule has 2 aliphatic rings. The molecule has 3 N–H and O–H groups in total. The lowest BCUT2D eigenvalue weighted by Crippen LogP contribution is -2.45. The van der Waals surface area contributed by atoms with Gasteiger partial charge in [-0.3, -0.25) is 10.3 Å². The van der Waals surface area contributed by atoms with E-state index in [1.54, 1.807) is 20.8 Å². The van der Waals surface area contributed by atoms with Crippen molar-refractivity contribution in [1.29, 1.82) is 0 Å². The molecule has 0 radical (unpaired) electrons. The number of nitrogens with one attached hydrogen (secondary N) is 1. The number of amidine groups is 1. The number of fused-ring (bicyclic) bond motifs is 1. The summed E-state index contributed by atoms with van der Waals surface area (Å²) in [7, 11) is 0. The quantitative estimate of drug-likeness (QED) is 0.681. The highest BCUT2D eigenvalue weighted by atomic mass is 32.2. The van der Waals surface area contributed by atoms with Crippen LogP contribution in [0.25, 0.3) is 0 Å². The molecule has 1 aliphatic heterocycles. The highest BCUT2D eigenvalue weighted by Crippen LogP contribution is 2.50. The summed E-state index contributed by atoms with van der Waals surface area (Å²) in [6.07, 6.45) is 2.70. The number of nitrogens with two attached hydrogens (primary N) is 1. The fourth-order valence-corrected chi connectivity index (χ4v) is 4.97. The molecule has 1 saturated carbocycles. The molecule has 0 saturated heterocycles. The van der Waals surface area contributed by atoms with E-state index in [0.29, 0.717) is 17.3 Å². The van der Waals surface area contributed by atoms with Crippen molar-refractivity contribution >= 4 is 28.7 Å². The van der Waals surface area contributed by atoms with Crippen molar-refractivity contribution < 1.29 is 18.3 Å². The van der Waals surface area contributed by atoms with Crippen molar-refractivity contribution in [3.8, 4) is 0 Å². The lowest BCUT2D eigenvalue weighted by atomic mass is 9.69. The summed E-state index contributed by atoms with van der Waals surface area (Å²) in [5.74, 6) is -1.18. The minimum absolute atomic E-state index is 0.0520. The fraction of sp³-hybridized carbons (Fsp3) is 0.579. The van der Waals surface area contributed by atoms with Crippen molar-refractivity contribution in [2.45, 2.75) is 57.6 Å². The van der Waals surface area contributed by atoms with Crippen LogP contribution in [-0.4, -0.2) is 22.6 Å². The first-order valence-electron chi connectivity index (χ1n) is 9.08. The molecule has 27 heavy (non-hydrogen) atoms. The van der Waals surface area contributed by atoms with Gasteiger partial charge in [0.15, 0.2) is 16.8 Å². The van der Waals surface area contributed by atoms with E-state index in [4.69, 9.17) is 15.5 Å². The standard InChI is InChI=1S/C19H25F2N3O2S/c1-18(2,3)26-17(25)23-16-24-19(7-5-4-6-11(19)10-27-16)13-8-12(22)9-14(20)15(13)21/h8-9,11H,4-7,10,22H2,1-3H3,(H,23,24,25)/t11?,19-/m0/s1. The second-order valence-electron chi connectivity index (χ2n) is 8.09. The number of aliphatic imine (C=N–C) groups is 1. The van der Waals surface area contributed by atoms with Crippen LogP contribution in [0.4, 0.5) is 19.3 Å². The van der Waals surface area contributed by atoms with Gasteiger partial charge in [0.25, 0.3) is 0 Å². The molecule has 0 spiro atoms. The Labute approximate surface area is 162 Å². The number of anilines is 1. The molecule has 148 valence electrons. The van der Waals surface area contributed by atoms with Crippen LogP contribution in [0.5, 0.6) is 0 Å². The molecule has 1 fully saturated rings. The van der Waals surface area contributed by atoms with Gasteiger partial charge in [-0.2, -0.15) is 0 Å². The molecule has 2 atom stereocenters. The number of halogens is 2. The van der Waals surface area contributed by atoms with Gasteiger partial charge in [-0.05, 0) is 51.7 Å². The zero-order chi connectivity index (χ0) is 19.8. The number of carbonyl (C=O) groups is 1. The monoisotopic (exact) mass is 397 g/mol. The van der Waals surface area contributed by atoms with Gasteiger partial charge in [-0.25, -0.2) is 13.6 Å². The molecular weight excluding hydrogens is 372 g/mol. The first-order valence-corrected chi connectivity index (χ1v) is 10.1. The number of hydrogen-bond donors (Lipinski definition) is 2. The second-order valence-corrected chi connectivity index (χ2v) is 9.09. The van der Waals surface area contributed by atoms with Crippen LogP contribution in [-0.2, 0) is 10.3 Å². The van der Waals surface area contributed by atoms with Gasteiger partial charge in [0, 0.05) is 17.0 Å². The third kappa shape index (κ3) is 4.20. The van der Waals surface area contributed by atoms with Gasteiger partial charge in [0.2, 0.25) is 0 Å². The summed E-state index contributed by atoms with van der Waals surface area (Å²) in [5, 5.41) is 3.02. The summed E-state index contributed by atoms with van der Waals surface area (Å²) in [4.78, 5) is 16.8. The Morgan fingerprint density at radius 2 is 2.11 bits per heavy atom. The molecule has 1 unspecified atom stereocenters. The van der Waals surface area contributed by atoms with E-state index >= 15 is 0 Å². The third-order valence-corrected chi connectivity index (χ3v) is 5.92. The van der Waals surface area contributed by atoms with E-state index in [1.165, 1.54) is 17.8 Å². The molecule has 1 amide bonds. The molecule has 5 nitrogen and oxygen atoms in total. The number of nitrogens with zero attached hydrogens (tertiary/aromatic N) is 1. The predicted octanol–water partition coefficient (Wildman–Crippen LogP) is 4.56. The number of ether oxygens (including phenoxy) is 1. The van der Waals surface area contributed by atoms with Gasteiger partial charge in [-0.15, -0.1) is 0 Å². The highest BCUT2D eigenvalue weighted by molar-refractivity contribution is 8.13. The molecule has 0 bridgehead atoms. The number of amides is 1. The smallest absolute Gasteiger partial charge is 0.413 e. The van der Waals surface area contributed by atoms with Crippen molar-refractivity contribution in [2.24, 2.45) is 10.9 Å². The van der Waals surface area contributed by atoms with Gasteiger partial charge in [0.05, 0.1) is 5.54 Å². The highest BCUT2D eigenvalue weighted by Gasteiger charge is 2.47. The maximum absolute atomic E-state index is 14.7. The molecule has 8 heteroatoms. The minimum atomic E-state index is -0.973. The second kappa shape index (κ2) is 7.30. The number of thioether (sulfide) groups is 1. The van der Waals surface area contributed by atoms with E-state index in [1.807, 2.05) is 0 Å². The topological polar surface area (TPSA) is 76.7 Å². The predicted molar refractivity (Wildman–Crippen MR) is 104 cm³/mol. The molecule has 3 rings (SSSR count). The zero-order valence-corrected chi connectivity index (χ0v) is 16.6. The number of benzene rings is 1. The lowest BCUT2D eigenvalue weighted by Gasteiger charge is -2.44. The number of alkyl carbamates (subject to hydrolysis) is 1. The third-order valence-electron chi connectivity index (χ3n) is 4.88. The summed E-state index contributed by atoms with van der Waals surface area (Å²) in [5.41, 5.74) is 4.56. The van der Waals surface area contributed by atoms with Gasteiger partial charge < -0.3 is 10.5 Å². The van der Waals surface area contributed by atoms with Gasteiger partial charge in [0.1, 0.15) is 5.60 Å². The molecular formula is C19H25F2N3O2S. The average molecular weight is 397 g/mol. The minimum Gasteiger partial charge on any atom is -0.444 e. The Kier molecular flexibility index (Phi) is 5.38. The Hall–Kier alpha value is -1.83. The largest absolute Gasteiger partial charge is 0.444 e. The van der Waals surface area contributed by atoms with Crippen LogP contribution in [0.3, 0.4) is 0 Å². The maximum atomic E-state index is 14.7. The Morgan fingerprint density at radius 3 is 2.81 bits per heavy atom. The molecule has 1 aromatic rings. The SMILES string of the molecule is CC(C)(C)OC(=O)NC1=N[C@@]2(c3cc(N)cc(F)c3F)CCCCC2CS1. The summed E-state index contributed by atoms with van der Waals surface area (Å²) in [6.45, 7) is 5.31. The van der Waals surface area contributed by atoms with E-state index in [-0.39, 0.29) is 17.2 Å². The van der Waals surface area contributed by atoms with Crippen molar-refractivity contribution in [3.63, 3.8) is 0 Å². The number of rotatable bonds is 1. The fourth-order valence-electron chi connectivity index (χ4n) is 3.78. The van der Waals surface area contributed by atoms with Gasteiger partial charge >= 0.3 is 6.09 Å². The van der Waals surface area contributed by atoms with Crippen LogP contribution in [0.15, 0.2) is 17.1 Å². The maximum Gasteiger partial charge on any atom is 0.413 e. The Balaban J connectivity index is 2.00. The summed E-state index contributed by atoms with van der Waals surface area (Å²) < 4.78 is 34.0. The average Bonchev–Trinajstić information content (AvgIpc) is 2.56. The molecule has 1 heterocycles. The van der Waals surface area contributed by atoms with Crippen molar-refractivity contribution in [2.75, 3.05) is 11.5 Å². The van der Waals surface area contributed by atoms with E-state index in [2.05, 4.69) is 5.32 Å².